The Balaban J connectivity index is 2.53. The average molecular weight is 379 g/mol. The van der Waals surface area contributed by atoms with Gasteiger partial charge in [0.25, 0.3) is 0 Å². The van der Waals surface area contributed by atoms with E-state index in [-0.39, 0.29) is 23.3 Å². The van der Waals surface area contributed by atoms with Crippen LogP contribution in [0.2, 0.25) is 10.0 Å². The number of amides is 2. The zero-order valence-corrected chi connectivity index (χ0v) is 15.6. The van der Waals surface area contributed by atoms with Crippen molar-refractivity contribution in [3.05, 3.63) is 22.2 Å². The molecule has 1 N–H and O–H groups in total. The lowest BCUT2D eigenvalue weighted by molar-refractivity contribution is -0.127. The van der Waals surface area contributed by atoms with Gasteiger partial charge in [0.15, 0.2) is 0 Å². The second kappa shape index (κ2) is 9.90. The van der Waals surface area contributed by atoms with Crippen molar-refractivity contribution in [1.82, 2.24) is 4.90 Å². The summed E-state index contributed by atoms with van der Waals surface area (Å²) >= 11 is 13.3. The summed E-state index contributed by atoms with van der Waals surface area (Å²) in [4.78, 5) is 25.5. The predicted octanol–water partition coefficient (Wildman–Crippen LogP) is 3.54. The van der Waals surface area contributed by atoms with Gasteiger partial charge < -0.3 is 15.0 Å². The zero-order valence-electron chi connectivity index (χ0n) is 13.3. The first kappa shape index (κ1) is 19.9. The first-order valence-corrected chi connectivity index (χ1v) is 9.02. The molecule has 0 radical (unpaired) electrons. The molecule has 0 aliphatic rings. The predicted molar refractivity (Wildman–Crippen MR) is 96.9 cm³/mol. The van der Waals surface area contributed by atoms with Crippen LogP contribution in [0.25, 0.3) is 0 Å². The summed E-state index contributed by atoms with van der Waals surface area (Å²) in [5, 5.41) is 3.39. The van der Waals surface area contributed by atoms with Crippen molar-refractivity contribution < 1.29 is 14.3 Å². The summed E-state index contributed by atoms with van der Waals surface area (Å²) in [5.74, 6) is 0.643. The van der Waals surface area contributed by atoms with Crippen LogP contribution in [0.5, 0.6) is 5.75 Å². The third kappa shape index (κ3) is 6.12. The minimum absolute atomic E-state index is 0.0268. The molecule has 8 heteroatoms. The maximum absolute atomic E-state index is 12.0. The number of carbonyl (C=O) groups is 2. The van der Waals surface area contributed by atoms with Crippen LogP contribution >= 0.6 is 35.0 Å². The summed E-state index contributed by atoms with van der Waals surface area (Å²) in [5.41, 5.74) is 0.425. The van der Waals surface area contributed by atoms with Gasteiger partial charge in [-0.3, -0.25) is 9.59 Å². The van der Waals surface area contributed by atoms with Crippen molar-refractivity contribution in [2.24, 2.45) is 0 Å². The summed E-state index contributed by atoms with van der Waals surface area (Å²) < 4.78 is 5.09. The van der Waals surface area contributed by atoms with Crippen molar-refractivity contribution in [2.45, 2.75) is 13.8 Å². The topological polar surface area (TPSA) is 58.6 Å². The molecule has 0 bridgehead atoms. The molecule has 0 aliphatic heterocycles. The lowest BCUT2D eigenvalue weighted by Gasteiger charge is -2.18. The number of nitrogens with zero attached hydrogens (tertiary/aromatic N) is 1. The smallest absolute Gasteiger partial charge is 0.234 e. The molecule has 0 fully saturated rings. The summed E-state index contributed by atoms with van der Waals surface area (Å²) in [6, 6.07) is 3.07. The van der Waals surface area contributed by atoms with E-state index >= 15 is 0 Å². The van der Waals surface area contributed by atoms with Crippen LogP contribution in [0, 0.1) is 0 Å². The largest absolute Gasteiger partial charge is 0.495 e. The Hall–Kier alpha value is -1.11. The standard InChI is InChI=1S/C15H20Cl2N2O3S/c1-4-19(5-2)15(21)9-23-8-14(20)18-12-7-13(22-3)11(17)6-10(12)16/h6-7H,4-5,8-9H2,1-3H3,(H,18,20). The van der Waals surface area contributed by atoms with E-state index in [0.717, 1.165) is 0 Å². The maximum atomic E-state index is 12.0. The second-order valence-electron chi connectivity index (χ2n) is 4.57. The fourth-order valence-electron chi connectivity index (χ4n) is 1.87. The molecule has 1 aromatic carbocycles. The number of anilines is 1. The van der Waals surface area contributed by atoms with E-state index in [4.69, 9.17) is 27.9 Å². The molecular weight excluding hydrogens is 359 g/mol. The molecule has 23 heavy (non-hydrogen) atoms. The number of ether oxygens (including phenoxy) is 1. The number of nitrogens with one attached hydrogen (secondary N) is 1. The van der Waals surface area contributed by atoms with E-state index < -0.39 is 0 Å². The Bertz CT molecular complexity index is 566. The molecule has 0 unspecified atom stereocenters. The van der Waals surface area contributed by atoms with Gasteiger partial charge in [-0.2, -0.15) is 0 Å². The van der Waals surface area contributed by atoms with Gasteiger partial charge in [-0.25, -0.2) is 0 Å². The molecule has 0 saturated heterocycles. The molecule has 0 atom stereocenters. The molecule has 0 spiro atoms. The summed E-state index contributed by atoms with van der Waals surface area (Å²) in [7, 11) is 1.48. The van der Waals surface area contributed by atoms with E-state index in [9.17, 15) is 9.59 Å². The lowest BCUT2D eigenvalue weighted by Crippen LogP contribution is -2.32. The van der Waals surface area contributed by atoms with E-state index in [1.54, 1.807) is 11.0 Å². The molecule has 5 nitrogen and oxygen atoms in total. The van der Waals surface area contributed by atoms with E-state index in [1.165, 1.54) is 24.9 Å². The highest BCUT2D eigenvalue weighted by Crippen LogP contribution is 2.34. The van der Waals surface area contributed by atoms with Crippen molar-refractivity contribution in [2.75, 3.05) is 37.0 Å². The molecule has 2 amide bonds. The SMILES string of the molecule is CCN(CC)C(=O)CSCC(=O)Nc1cc(OC)c(Cl)cc1Cl. The molecular formula is C15H20Cl2N2O3S. The number of rotatable bonds is 8. The molecule has 1 aromatic rings. The average Bonchev–Trinajstić information content (AvgIpc) is 2.51. The van der Waals surface area contributed by atoms with Crippen LogP contribution in [-0.4, -0.2) is 48.4 Å². The maximum Gasteiger partial charge on any atom is 0.234 e. The van der Waals surface area contributed by atoms with Gasteiger partial charge in [-0.1, -0.05) is 23.2 Å². The lowest BCUT2D eigenvalue weighted by atomic mass is 10.3. The normalized spacial score (nSPS) is 10.3. The Morgan fingerprint density at radius 1 is 1.17 bits per heavy atom. The molecule has 0 aromatic heterocycles. The fourth-order valence-corrected chi connectivity index (χ4v) is 3.09. The van der Waals surface area contributed by atoms with Crippen molar-refractivity contribution in [3.8, 4) is 5.75 Å². The molecule has 128 valence electrons. The Kier molecular flexibility index (Phi) is 8.58. The van der Waals surface area contributed by atoms with E-state index in [2.05, 4.69) is 5.32 Å². The number of hydrogen-bond acceptors (Lipinski definition) is 4. The first-order valence-electron chi connectivity index (χ1n) is 7.11. The highest BCUT2D eigenvalue weighted by molar-refractivity contribution is 8.00. The molecule has 0 saturated carbocycles. The Labute approximate surface area is 150 Å². The number of hydrogen-bond donors (Lipinski definition) is 1. The number of methoxy groups -OCH3 is 1. The highest BCUT2D eigenvalue weighted by atomic mass is 35.5. The molecule has 0 heterocycles. The monoisotopic (exact) mass is 378 g/mol. The van der Waals surface area contributed by atoms with Crippen molar-refractivity contribution in [1.29, 1.82) is 0 Å². The Morgan fingerprint density at radius 2 is 1.83 bits per heavy atom. The molecule has 1 rings (SSSR count). The van der Waals surface area contributed by atoms with Gasteiger partial charge >= 0.3 is 0 Å². The van der Waals surface area contributed by atoms with Crippen LogP contribution in [0.3, 0.4) is 0 Å². The Morgan fingerprint density at radius 3 is 2.39 bits per heavy atom. The van der Waals surface area contributed by atoms with Crippen LogP contribution in [0.15, 0.2) is 12.1 Å². The summed E-state index contributed by atoms with van der Waals surface area (Å²) in [6.45, 7) is 5.19. The zero-order chi connectivity index (χ0) is 17.4. The van der Waals surface area contributed by atoms with Gasteiger partial charge in [0.05, 0.1) is 34.3 Å². The minimum Gasteiger partial charge on any atom is -0.495 e. The number of halogens is 2. The number of benzene rings is 1. The first-order chi connectivity index (χ1) is 10.9. The fraction of sp³-hybridized carbons (Fsp3) is 0.467. The van der Waals surface area contributed by atoms with Gasteiger partial charge in [0, 0.05) is 19.2 Å². The van der Waals surface area contributed by atoms with Gasteiger partial charge in [-0.15, -0.1) is 11.8 Å². The summed E-state index contributed by atoms with van der Waals surface area (Å²) in [6.07, 6.45) is 0. The van der Waals surface area contributed by atoms with E-state index in [0.29, 0.717) is 34.6 Å². The van der Waals surface area contributed by atoms with Crippen molar-refractivity contribution in [3.63, 3.8) is 0 Å². The van der Waals surface area contributed by atoms with Crippen molar-refractivity contribution >= 4 is 52.5 Å². The third-order valence-electron chi connectivity index (χ3n) is 3.09. The highest BCUT2D eigenvalue weighted by Gasteiger charge is 2.13. The van der Waals surface area contributed by atoms with Gasteiger partial charge in [0.2, 0.25) is 11.8 Å². The van der Waals surface area contributed by atoms with Crippen LogP contribution < -0.4 is 10.1 Å². The quantitative estimate of drug-likeness (QED) is 0.751. The van der Waals surface area contributed by atoms with Gasteiger partial charge in [0.1, 0.15) is 5.75 Å². The number of thioether (sulfide) groups is 1. The van der Waals surface area contributed by atoms with E-state index in [1.807, 2.05) is 13.8 Å². The van der Waals surface area contributed by atoms with Crippen LogP contribution in [-0.2, 0) is 9.59 Å². The van der Waals surface area contributed by atoms with Gasteiger partial charge in [-0.05, 0) is 19.9 Å². The van der Waals surface area contributed by atoms with Crippen LogP contribution in [0.1, 0.15) is 13.8 Å². The second-order valence-corrected chi connectivity index (χ2v) is 6.37. The van der Waals surface area contributed by atoms with Crippen LogP contribution in [0.4, 0.5) is 5.69 Å². The minimum atomic E-state index is -0.242. The number of carbonyl (C=O) groups excluding carboxylic acids is 2. The molecule has 0 aliphatic carbocycles. The third-order valence-corrected chi connectivity index (χ3v) is 4.62.